The molecule has 1 atom stereocenters. The minimum absolute atomic E-state index is 0.667. The van der Waals surface area contributed by atoms with Crippen LogP contribution in [0, 0.1) is 5.41 Å². The van der Waals surface area contributed by atoms with Gasteiger partial charge in [0.1, 0.15) is 0 Å². The molecule has 2 rings (SSSR count). The number of nitrogens with zero attached hydrogens (tertiary/aromatic N) is 2. The molecule has 2 aliphatic rings. The van der Waals surface area contributed by atoms with E-state index in [1.54, 1.807) is 0 Å². The highest BCUT2D eigenvalue weighted by atomic mass is 15.2. The maximum atomic E-state index is 2.65. The Morgan fingerprint density at radius 1 is 1.14 bits per heavy atom. The Kier molecular flexibility index (Phi) is 2.85. The van der Waals surface area contributed by atoms with Gasteiger partial charge in [0.05, 0.1) is 0 Å². The number of likely N-dealkylation sites (tertiary alicyclic amines) is 2. The van der Waals surface area contributed by atoms with Gasteiger partial charge in [-0.2, -0.15) is 0 Å². The summed E-state index contributed by atoms with van der Waals surface area (Å²) >= 11 is 0. The van der Waals surface area contributed by atoms with Crippen LogP contribution in [0.15, 0.2) is 0 Å². The van der Waals surface area contributed by atoms with Crippen molar-refractivity contribution < 1.29 is 0 Å². The number of rotatable bonds is 2. The van der Waals surface area contributed by atoms with Gasteiger partial charge in [-0.15, -0.1) is 0 Å². The van der Waals surface area contributed by atoms with E-state index in [2.05, 4.69) is 30.6 Å². The Bertz CT molecular complexity index is 202. The zero-order valence-electron chi connectivity index (χ0n) is 9.92. The first-order valence-corrected chi connectivity index (χ1v) is 6.12. The molecule has 0 aliphatic carbocycles. The molecule has 2 heterocycles. The van der Waals surface area contributed by atoms with Crippen LogP contribution in [0.2, 0.25) is 0 Å². The van der Waals surface area contributed by atoms with Gasteiger partial charge in [0.15, 0.2) is 0 Å². The molecule has 0 bridgehead atoms. The summed E-state index contributed by atoms with van der Waals surface area (Å²) < 4.78 is 0. The summed E-state index contributed by atoms with van der Waals surface area (Å²) in [5, 5.41) is 0. The van der Waals surface area contributed by atoms with Crippen molar-refractivity contribution in [2.45, 2.75) is 39.7 Å². The SMILES string of the molecule is CCN1CCC2(CCN(C(C)C)C2)C1. The highest BCUT2D eigenvalue weighted by Gasteiger charge is 2.43. The molecule has 82 valence electrons. The van der Waals surface area contributed by atoms with Crippen molar-refractivity contribution in [1.82, 2.24) is 9.80 Å². The quantitative estimate of drug-likeness (QED) is 0.664. The normalized spacial score (nSPS) is 35.1. The van der Waals surface area contributed by atoms with E-state index < -0.39 is 0 Å². The topological polar surface area (TPSA) is 6.48 Å². The maximum absolute atomic E-state index is 2.65. The molecular weight excluding hydrogens is 172 g/mol. The maximum Gasteiger partial charge on any atom is 0.00539 e. The minimum Gasteiger partial charge on any atom is -0.303 e. The lowest BCUT2D eigenvalue weighted by molar-refractivity contribution is 0.218. The molecule has 0 aromatic heterocycles. The zero-order chi connectivity index (χ0) is 10.2. The first-order chi connectivity index (χ1) is 6.65. The van der Waals surface area contributed by atoms with Crippen LogP contribution in [-0.2, 0) is 0 Å². The summed E-state index contributed by atoms with van der Waals surface area (Å²) in [6.07, 6.45) is 2.87. The summed E-state index contributed by atoms with van der Waals surface area (Å²) in [5.41, 5.74) is 0.667. The molecule has 2 heteroatoms. The number of hydrogen-bond donors (Lipinski definition) is 0. The van der Waals surface area contributed by atoms with Gasteiger partial charge in [-0.25, -0.2) is 0 Å². The van der Waals surface area contributed by atoms with Gasteiger partial charge in [0, 0.05) is 19.1 Å². The third-order valence-corrected chi connectivity index (χ3v) is 4.16. The Hall–Kier alpha value is -0.0800. The van der Waals surface area contributed by atoms with Crippen LogP contribution < -0.4 is 0 Å². The zero-order valence-corrected chi connectivity index (χ0v) is 9.92. The van der Waals surface area contributed by atoms with E-state index in [1.165, 1.54) is 45.6 Å². The van der Waals surface area contributed by atoms with Crippen molar-refractivity contribution in [3.63, 3.8) is 0 Å². The first-order valence-electron chi connectivity index (χ1n) is 6.12. The monoisotopic (exact) mass is 196 g/mol. The lowest BCUT2D eigenvalue weighted by atomic mass is 9.86. The first kappa shape index (κ1) is 10.4. The number of hydrogen-bond acceptors (Lipinski definition) is 2. The molecule has 0 N–H and O–H groups in total. The third-order valence-electron chi connectivity index (χ3n) is 4.16. The van der Waals surface area contributed by atoms with Crippen LogP contribution in [-0.4, -0.2) is 48.6 Å². The van der Waals surface area contributed by atoms with E-state index in [1.807, 2.05) is 0 Å². The summed E-state index contributed by atoms with van der Waals surface area (Å²) in [7, 11) is 0. The molecule has 0 aromatic rings. The molecular formula is C12H24N2. The van der Waals surface area contributed by atoms with Crippen molar-refractivity contribution in [3.8, 4) is 0 Å². The van der Waals surface area contributed by atoms with E-state index in [-0.39, 0.29) is 0 Å². The van der Waals surface area contributed by atoms with Crippen LogP contribution in [0.3, 0.4) is 0 Å². The predicted octanol–water partition coefficient (Wildman–Crippen LogP) is 1.81. The fourth-order valence-corrected chi connectivity index (χ4v) is 3.04. The Labute approximate surface area is 88.3 Å². The van der Waals surface area contributed by atoms with E-state index in [9.17, 15) is 0 Å². The smallest absolute Gasteiger partial charge is 0.00539 e. The van der Waals surface area contributed by atoms with Crippen molar-refractivity contribution in [2.24, 2.45) is 5.41 Å². The fraction of sp³-hybridized carbons (Fsp3) is 1.00. The van der Waals surface area contributed by atoms with Gasteiger partial charge in [-0.05, 0) is 51.7 Å². The molecule has 1 unspecified atom stereocenters. The second-order valence-corrected chi connectivity index (χ2v) is 5.43. The van der Waals surface area contributed by atoms with Crippen molar-refractivity contribution in [1.29, 1.82) is 0 Å². The van der Waals surface area contributed by atoms with Crippen molar-refractivity contribution >= 4 is 0 Å². The average Bonchev–Trinajstić information content (AvgIpc) is 2.74. The van der Waals surface area contributed by atoms with Gasteiger partial charge in [-0.3, -0.25) is 0 Å². The summed E-state index contributed by atoms with van der Waals surface area (Å²) in [4.78, 5) is 5.27. The highest BCUT2D eigenvalue weighted by molar-refractivity contribution is 4.97. The Morgan fingerprint density at radius 3 is 2.36 bits per heavy atom. The van der Waals surface area contributed by atoms with Crippen LogP contribution in [0.4, 0.5) is 0 Å². The largest absolute Gasteiger partial charge is 0.303 e. The molecule has 2 nitrogen and oxygen atoms in total. The van der Waals surface area contributed by atoms with Crippen LogP contribution in [0.5, 0.6) is 0 Å². The molecule has 2 aliphatic heterocycles. The average molecular weight is 196 g/mol. The Morgan fingerprint density at radius 2 is 1.86 bits per heavy atom. The summed E-state index contributed by atoms with van der Waals surface area (Å²) in [5.74, 6) is 0. The van der Waals surface area contributed by atoms with Gasteiger partial charge in [0.25, 0.3) is 0 Å². The molecule has 1 spiro atoms. The lowest BCUT2D eigenvalue weighted by Gasteiger charge is -2.26. The third kappa shape index (κ3) is 1.82. The van der Waals surface area contributed by atoms with E-state index in [0.717, 1.165) is 6.04 Å². The lowest BCUT2D eigenvalue weighted by Crippen LogP contribution is -2.33. The minimum atomic E-state index is 0.667. The van der Waals surface area contributed by atoms with E-state index in [4.69, 9.17) is 0 Å². The van der Waals surface area contributed by atoms with Crippen LogP contribution in [0.25, 0.3) is 0 Å². The molecule has 0 amide bonds. The van der Waals surface area contributed by atoms with E-state index in [0.29, 0.717) is 5.41 Å². The predicted molar refractivity (Wildman–Crippen MR) is 60.5 cm³/mol. The molecule has 0 aromatic carbocycles. The molecule has 14 heavy (non-hydrogen) atoms. The molecule has 0 saturated carbocycles. The fourth-order valence-electron chi connectivity index (χ4n) is 3.04. The van der Waals surface area contributed by atoms with Crippen LogP contribution >= 0.6 is 0 Å². The second-order valence-electron chi connectivity index (χ2n) is 5.43. The molecule has 0 radical (unpaired) electrons. The molecule has 2 fully saturated rings. The van der Waals surface area contributed by atoms with Crippen molar-refractivity contribution in [2.75, 3.05) is 32.7 Å². The van der Waals surface area contributed by atoms with Gasteiger partial charge >= 0.3 is 0 Å². The van der Waals surface area contributed by atoms with Crippen LogP contribution in [0.1, 0.15) is 33.6 Å². The van der Waals surface area contributed by atoms with Gasteiger partial charge in [-0.1, -0.05) is 6.92 Å². The van der Waals surface area contributed by atoms with E-state index >= 15 is 0 Å². The Balaban J connectivity index is 1.94. The summed E-state index contributed by atoms with van der Waals surface area (Å²) in [6, 6.07) is 0.741. The van der Waals surface area contributed by atoms with Gasteiger partial charge in [0.2, 0.25) is 0 Å². The van der Waals surface area contributed by atoms with Gasteiger partial charge < -0.3 is 9.80 Å². The standard InChI is InChI=1S/C12H24N2/c1-4-13-7-5-12(9-13)6-8-14(10-12)11(2)3/h11H,4-10H2,1-3H3. The highest BCUT2D eigenvalue weighted by Crippen LogP contribution is 2.39. The molecule has 2 saturated heterocycles. The van der Waals surface area contributed by atoms with Crippen molar-refractivity contribution in [3.05, 3.63) is 0 Å². The second kappa shape index (κ2) is 3.82. The summed E-state index contributed by atoms with van der Waals surface area (Å²) in [6.45, 7) is 13.5.